The van der Waals surface area contributed by atoms with Crippen molar-refractivity contribution >= 4 is 18.5 Å². The van der Waals surface area contributed by atoms with Crippen LogP contribution in [0, 0.1) is 23.1 Å². The molecule has 0 aliphatic carbocycles. The normalized spacial score (nSPS) is 21.9. The van der Waals surface area contributed by atoms with Gasteiger partial charge in [0.05, 0.1) is 23.7 Å². The number of hydrogen-bond acceptors (Lipinski definition) is 4. The molecule has 2 heterocycles. The maximum atomic E-state index is 13.9. The van der Waals surface area contributed by atoms with Crippen molar-refractivity contribution in [1.82, 2.24) is 4.90 Å². The molecule has 0 unspecified atom stereocenters. The Hall–Kier alpha value is -1.91. The van der Waals surface area contributed by atoms with Crippen LogP contribution in [0.2, 0.25) is 0 Å². The first-order valence-corrected chi connectivity index (χ1v) is 9.44. The summed E-state index contributed by atoms with van der Waals surface area (Å²) in [7, 11) is -0.636. The van der Waals surface area contributed by atoms with Crippen molar-refractivity contribution in [2.75, 3.05) is 13.1 Å². The maximum absolute atomic E-state index is 13.9. The number of likely N-dealkylation sites (tertiary alicyclic amines) is 1. The molecule has 0 bridgehead atoms. The van der Waals surface area contributed by atoms with Gasteiger partial charge >= 0.3 is 7.12 Å². The number of nitrogens with zero attached hydrogens (tertiary/aromatic N) is 2. The van der Waals surface area contributed by atoms with Crippen molar-refractivity contribution in [1.29, 1.82) is 5.26 Å². The predicted octanol–water partition coefficient (Wildman–Crippen LogP) is 2.43. The van der Waals surface area contributed by atoms with E-state index in [9.17, 15) is 9.18 Å². The van der Waals surface area contributed by atoms with Gasteiger partial charge < -0.3 is 14.2 Å². The molecule has 5 nitrogen and oxygen atoms in total. The molecule has 0 radical (unpaired) electrons. The molecule has 0 aromatic heterocycles. The van der Waals surface area contributed by atoms with Gasteiger partial charge in [0.2, 0.25) is 5.91 Å². The van der Waals surface area contributed by atoms with Crippen LogP contribution in [-0.2, 0) is 20.5 Å². The standard InChI is InChI=1S/C20H26BFN2O3/c1-19(2)20(3,4)27-21(26-19)17-6-5-16(22)11-15(17)12-18(25)24-9-7-14(13-23)8-10-24/h5-6,11,14H,7-10,12H2,1-4H3. The van der Waals surface area contributed by atoms with Crippen LogP contribution in [0.25, 0.3) is 0 Å². The average Bonchev–Trinajstić information content (AvgIpc) is 2.82. The minimum Gasteiger partial charge on any atom is -0.399 e. The number of hydrogen-bond donors (Lipinski definition) is 0. The van der Waals surface area contributed by atoms with Gasteiger partial charge in [-0.05, 0) is 63.7 Å². The third-order valence-electron chi connectivity index (χ3n) is 5.98. The summed E-state index contributed by atoms with van der Waals surface area (Å²) < 4.78 is 26.0. The molecule has 1 aromatic rings. The smallest absolute Gasteiger partial charge is 0.399 e. The fraction of sp³-hybridized carbons (Fsp3) is 0.600. The van der Waals surface area contributed by atoms with E-state index in [4.69, 9.17) is 14.6 Å². The highest BCUT2D eigenvalue weighted by molar-refractivity contribution is 6.62. The summed E-state index contributed by atoms with van der Waals surface area (Å²) in [6.07, 6.45) is 1.47. The highest BCUT2D eigenvalue weighted by atomic mass is 19.1. The number of piperidine rings is 1. The molecule has 0 N–H and O–H groups in total. The van der Waals surface area contributed by atoms with Crippen LogP contribution in [0.5, 0.6) is 0 Å². The Morgan fingerprint density at radius 2 is 1.85 bits per heavy atom. The first-order valence-electron chi connectivity index (χ1n) is 9.44. The minimum absolute atomic E-state index is 0.0172. The Bertz CT molecular complexity index is 751. The van der Waals surface area contributed by atoms with Gasteiger partial charge in [0.25, 0.3) is 0 Å². The summed E-state index contributed by atoms with van der Waals surface area (Å²) in [5, 5.41) is 9.00. The monoisotopic (exact) mass is 372 g/mol. The van der Waals surface area contributed by atoms with Gasteiger partial charge in [0.1, 0.15) is 5.82 Å². The molecule has 0 atom stereocenters. The largest absolute Gasteiger partial charge is 0.495 e. The van der Waals surface area contributed by atoms with E-state index in [2.05, 4.69) is 6.07 Å². The number of carbonyl (C=O) groups is 1. The number of rotatable bonds is 3. The molecule has 2 aliphatic heterocycles. The van der Waals surface area contributed by atoms with Crippen LogP contribution >= 0.6 is 0 Å². The summed E-state index contributed by atoms with van der Waals surface area (Å²) in [6, 6.07) is 6.66. The lowest BCUT2D eigenvalue weighted by molar-refractivity contribution is -0.131. The molecule has 1 amide bonds. The second kappa shape index (κ2) is 7.25. The first-order chi connectivity index (χ1) is 12.6. The van der Waals surface area contributed by atoms with Gasteiger partial charge in [0.15, 0.2) is 0 Å². The highest BCUT2D eigenvalue weighted by Crippen LogP contribution is 2.36. The molecule has 0 saturated carbocycles. The van der Waals surface area contributed by atoms with Crippen molar-refractivity contribution < 1.29 is 18.5 Å². The molecule has 27 heavy (non-hydrogen) atoms. The highest BCUT2D eigenvalue weighted by Gasteiger charge is 2.52. The zero-order valence-electron chi connectivity index (χ0n) is 16.4. The fourth-order valence-corrected chi connectivity index (χ4v) is 3.46. The van der Waals surface area contributed by atoms with Gasteiger partial charge in [-0.25, -0.2) is 4.39 Å². The van der Waals surface area contributed by atoms with Crippen LogP contribution < -0.4 is 5.46 Å². The maximum Gasteiger partial charge on any atom is 0.495 e. The van der Waals surface area contributed by atoms with Crippen LogP contribution in [0.1, 0.15) is 46.1 Å². The van der Waals surface area contributed by atoms with E-state index in [1.54, 1.807) is 11.0 Å². The average molecular weight is 372 g/mol. The van der Waals surface area contributed by atoms with Crippen molar-refractivity contribution in [2.45, 2.75) is 58.2 Å². The van der Waals surface area contributed by atoms with Gasteiger partial charge in [-0.15, -0.1) is 0 Å². The lowest BCUT2D eigenvalue weighted by Gasteiger charge is -2.32. The Morgan fingerprint density at radius 3 is 2.41 bits per heavy atom. The molecule has 7 heteroatoms. The first kappa shape index (κ1) is 19.8. The van der Waals surface area contributed by atoms with Crippen molar-refractivity contribution in [3.63, 3.8) is 0 Å². The summed E-state index contributed by atoms with van der Waals surface area (Å²) in [4.78, 5) is 14.5. The fourth-order valence-electron chi connectivity index (χ4n) is 3.46. The second-order valence-corrected chi connectivity index (χ2v) is 8.39. The Kier molecular flexibility index (Phi) is 5.33. The predicted molar refractivity (Wildman–Crippen MR) is 101 cm³/mol. The third-order valence-corrected chi connectivity index (χ3v) is 5.98. The third kappa shape index (κ3) is 4.02. The molecule has 3 rings (SSSR count). The lowest BCUT2D eigenvalue weighted by Crippen LogP contribution is -2.42. The molecule has 2 aliphatic rings. The van der Waals surface area contributed by atoms with E-state index in [1.807, 2.05) is 27.7 Å². The van der Waals surface area contributed by atoms with Crippen molar-refractivity contribution in [2.24, 2.45) is 5.92 Å². The van der Waals surface area contributed by atoms with Crippen LogP contribution in [0.15, 0.2) is 18.2 Å². The van der Waals surface area contributed by atoms with E-state index in [-0.39, 0.29) is 24.1 Å². The van der Waals surface area contributed by atoms with Gasteiger partial charge in [-0.3, -0.25) is 4.79 Å². The van der Waals surface area contributed by atoms with Gasteiger partial charge in [-0.1, -0.05) is 6.07 Å². The molecule has 1 aromatic carbocycles. The molecular formula is C20H26BFN2O3. The van der Waals surface area contributed by atoms with Gasteiger partial charge in [0, 0.05) is 19.0 Å². The Morgan fingerprint density at radius 1 is 1.26 bits per heavy atom. The summed E-state index contributed by atoms with van der Waals surface area (Å²) in [6.45, 7) is 8.97. The zero-order chi connectivity index (χ0) is 19.8. The number of carbonyl (C=O) groups excluding carboxylic acids is 1. The summed E-state index contributed by atoms with van der Waals surface area (Å²) in [5.41, 5.74) is 0.259. The topological polar surface area (TPSA) is 62.6 Å². The summed E-state index contributed by atoms with van der Waals surface area (Å²) >= 11 is 0. The number of halogens is 1. The van der Waals surface area contributed by atoms with Crippen molar-refractivity contribution in [3.05, 3.63) is 29.6 Å². The van der Waals surface area contributed by atoms with E-state index >= 15 is 0 Å². The van der Waals surface area contributed by atoms with Crippen LogP contribution in [-0.4, -0.2) is 42.2 Å². The lowest BCUT2D eigenvalue weighted by atomic mass is 9.75. The zero-order valence-corrected chi connectivity index (χ0v) is 16.4. The van der Waals surface area contributed by atoms with E-state index in [1.165, 1.54) is 12.1 Å². The van der Waals surface area contributed by atoms with Crippen LogP contribution in [0.3, 0.4) is 0 Å². The molecule has 144 valence electrons. The Labute approximate surface area is 160 Å². The quantitative estimate of drug-likeness (QED) is 0.765. The van der Waals surface area contributed by atoms with Crippen LogP contribution in [0.4, 0.5) is 4.39 Å². The van der Waals surface area contributed by atoms with E-state index in [0.29, 0.717) is 37.0 Å². The van der Waals surface area contributed by atoms with E-state index < -0.39 is 18.3 Å². The number of nitriles is 1. The van der Waals surface area contributed by atoms with E-state index in [0.717, 1.165) is 0 Å². The molecule has 2 saturated heterocycles. The SMILES string of the molecule is CC1(C)OB(c2ccc(F)cc2CC(=O)N2CCC(C#N)CC2)OC1(C)C. The Balaban J connectivity index is 1.78. The minimum atomic E-state index is -0.636. The molecular weight excluding hydrogens is 346 g/mol. The second-order valence-electron chi connectivity index (χ2n) is 8.39. The number of benzene rings is 1. The summed E-state index contributed by atoms with van der Waals surface area (Å²) in [5.74, 6) is -0.431. The number of amides is 1. The molecule has 2 fully saturated rings. The van der Waals surface area contributed by atoms with Gasteiger partial charge in [-0.2, -0.15) is 5.26 Å². The molecule has 0 spiro atoms. The van der Waals surface area contributed by atoms with Crippen molar-refractivity contribution in [3.8, 4) is 6.07 Å².